The lowest BCUT2D eigenvalue weighted by atomic mass is 9.99. The first kappa shape index (κ1) is 19.9. The average Bonchev–Trinajstić information content (AvgIpc) is 2.59. The van der Waals surface area contributed by atoms with E-state index in [1.54, 1.807) is 17.8 Å². The van der Waals surface area contributed by atoms with Gasteiger partial charge < -0.3 is 4.74 Å². The maximum Gasteiger partial charge on any atom is 0.309 e. The minimum atomic E-state index is -0.249. The van der Waals surface area contributed by atoms with Gasteiger partial charge in [-0.1, -0.05) is 60.5 Å². The van der Waals surface area contributed by atoms with Gasteiger partial charge in [-0.05, 0) is 41.8 Å². The highest BCUT2D eigenvalue weighted by molar-refractivity contribution is 7.99. The van der Waals surface area contributed by atoms with Gasteiger partial charge >= 0.3 is 5.97 Å². The second kappa shape index (κ2) is 9.91. The van der Waals surface area contributed by atoms with Gasteiger partial charge in [-0.15, -0.1) is 11.8 Å². The van der Waals surface area contributed by atoms with Crippen LogP contribution in [0.25, 0.3) is 0 Å². The van der Waals surface area contributed by atoms with E-state index in [1.165, 1.54) is 7.11 Å². The van der Waals surface area contributed by atoms with Gasteiger partial charge in [0.15, 0.2) is 0 Å². The van der Waals surface area contributed by atoms with E-state index in [0.717, 1.165) is 10.5 Å². The minimum absolute atomic E-state index is 0.118. The van der Waals surface area contributed by atoms with Gasteiger partial charge in [-0.25, -0.2) is 0 Å². The lowest BCUT2D eigenvalue weighted by molar-refractivity contribution is -0.139. The van der Waals surface area contributed by atoms with Gasteiger partial charge in [-0.3, -0.25) is 4.79 Å². The van der Waals surface area contributed by atoms with Gasteiger partial charge in [0.05, 0.1) is 13.5 Å². The van der Waals surface area contributed by atoms with E-state index in [0.29, 0.717) is 10.0 Å². The summed E-state index contributed by atoms with van der Waals surface area (Å²) in [5.41, 5.74) is 1.06. The highest BCUT2D eigenvalue weighted by Gasteiger charge is 2.20. The zero-order valence-electron chi connectivity index (χ0n) is 14.1. The highest BCUT2D eigenvalue weighted by Crippen LogP contribution is 2.42. The van der Waals surface area contributed by atoms with Gasteiger partial charge in [0.1, 0.15) is 0 Å². The lowest BCUT2D eigenvalue weighted by Gasteiger charge is -2.22. The van der Waals surface area contributed by atoms with E-state index >= 15 is 0 Å². The minimum Gasteiger partial charge on any atom is -0.469 e. The summed E-state index contributed by atoms with van der Waals surface area (Å²) >= 11 is 14.1. The van der Waals surface area contributed by atoms with Crippen LogP contribution in [0.5, 0.6) is 0 Å². The standard InChI is InChI=1S/C20H20Cl2O2S/c1-14(7-6-10-19(23)24-2)20(25-18-8-4-3-5-9-18)15-11-16(21)13-17(22)12-15/h3-9,11-14,20H,10H2,1-2H3/b7-6+/t14-,20+/m1/s1. The summed E-state index contributed by atoms with van der Waals surface area (Å²) in [6.45, 7) is 2.11. The van der Waals surface area contributed by atoms with Crippen molar-refractivity contribution in [2.75, 3.05) is 7.11 Å². The van der Waals surface area contributed by atoms with E-state index in [9.17, 15) is 4.79 Å². The molecule has 0 aromatic heterocycles. The molecule has 0 N–H and O–H groups in total. The van der Waals surface area contributed by atoms with Crippen molar-refractivity contribution in [3.05, 3.63) is 76.3 Å². The number of hydrogen-bond donors (Lipinski definition) is 0. The number of esters is 1. The summed E-state index contributed by atoms with van der Waals surface area (Å²) in [6, 6.07) is 15.8. The smallest absolute Gasteiger partial charge is 0.309 e. The fraction of sp³-hybridized carbons (Fsp3) is 0.250. The molecule has 132 valence electrons. The molecule has 2 rings (SSSR count). The molecule has 2 aromatic rings. The molecule has 2 aromatic carbocycles. The van der Waals surface area contributed by atoms with Crippen LogP contribution in [0.15, 0.2) is 65.6 Å². The van der Waals surface area contributed by atoms with Crippen LogP contribution in [0.3, 0.4) is 0 Å². The molecule has 0 spiro atoms. The predicted octanol–water partition coefficient (Wildman–Crippen LogP) is 6.58. The Morgan fingerprint density at radius 2 is 1.80 bits per heavy atom. The number of thioether (sulfide) groups is 1. The Hall–Kier alpha value is -1.42. The van der Waals surface area contributed by atoms with Crippen molar-refractivity contribution in [3.8, 4) is 0 Å². The number of rotatable bonds is 7. The maximum absolute atomic E-state index is 11.3. The molecule has 0 amide bonds. The molecule has 2 nitrogen and oxygen atoms in total. The Balaban J connectivity index is 2.26. The largest absolute Gasteiger partial charge is 0.469 e. The fourth-order valence-electron chi connectivity index (χ4n) is 2.43. The van der Waals surface area contributed by atoms with Crippen LogP contribution in [0.4, 0.5) is 0 Å². The number of halogens is 2. The molecule has 0 radical (unpaired) electrons. The number of methoxy groups -OCH3 is 1. The quantitative estimate of drug-likeness (QED) is 0.301. The summed E-state index contributed by atoms with van der Waals surface area (Å²) < 4.78 is 4.67. The zero-order chi connectivity index (χ0) is 18.2. The molecule has 5 heteroatoms. The summed E-state index contributed by atoms with van der Waals surface area (Å²) in [6.07, 6.45) is 4.15. The number of carbonyl (C=O) groups is 1. The van der Waals surface area contributed by atoms with E-state index in [2.05, 4.69) is 23.8 Å². The molecule has 0 saturated carbocycles. The Kier molecular flexibility index (Phi) is 7.89. The molecule has 0 bridgehead atoms. The van der Waals surface area contributed by atoms with Crippen molar-refractivity contribution >= 4 is 40.9 Å². The van der Waals surface area contributed by atoms with Crippen LogP contribution in [0, 0.1) is 5.92 Å². The van der Waals surface area contributed by atoms with Gasteiger partial charge in [0, 0.05) is 20.2 Å². The predicted molar refractivity (Wildman–Crippen MR) is 106 cm³/mol. The number of ether oxygens (including phenoxy) is 1. The molecule has 0 heterocycles. The molecule has 0 aliphatic heterocycles. The maximum atomic E-state index is 11.3. The van der Waals surface area contributed by atoms with Crippen LogP contribution < -0.4 is 0 Å². The molecular weight excluding hydrogens is 375 g/mol. The molecule has 25 heavy (non-hydrogen) atoms. The van der Waals surface area contributed by atoms with Crippen molar-refractivity contribution in [2.24, 2.45) is 5.92 Å². The molecule has 0 fully saturated rings. The van der Waals surface area contributed by atoms with Gasteiger partial charge in [0.2, 0.25) is 0 Å². The zero-order valence-corrected chi connectivity index (χ0v) is 16.4. The first-order valence-electron chi connectivity index (χ1n) is 7.90. The molecule has 2 atom stereocenters. The molecule has 0 aliphatic carbocycles. The lowest BCUT2D eigenvalue weighted by Crippen LogP contribution is -2.05. The monoisotopic (exact) mass is 394 g/mol. The van der Waals surface area contributed by atoms with E-state index in [4.69, 9.17) is 23.2 Å². The highest BCUT2D eigenvalue weighted by atomic mass is 35.5. The first-order valence-corrected chi connectivity index (χ1v) is 9.54. The third-order valence-corrected chi connectivity index (χ3v) is 5.59. The molecule has 0 unspecified atom stereocenters. The van der Waals surface area contributed by atoms with Crippen molar-refractivity contribution in [1.82, 2.24) is 0 Å². The molecular formula is C20H20Cl2O2S. The van der Waals surface area contributed by atoms with Crippen molar-refractivity contribution in [3.63, 3.8) is 0 Å². The van der Waals surface area contributed by atoms with Crippen LogP contribution in [-0.4, -0.2) is 13.1 Å². The summed E-state index contributed by atoms with van der Waals surface area (Å²) in [5.74, 6) is -0.0779. The van der Waals surface area contributed by atoms with E-state index < -0.39 is 0 Å². The SMILES string of the molecule is COC(=O)C/C=C/[C@@H](C)[C@H](Sc1ccccc1)c1cc(Cl)cc(Cl)c1. The fourth-order valence-corrected chi connectivity index (χ4v) is 4.16. The second-order valence-corrected chi connectivity index (χ2v) is 7.71. The third kappa shape index (κ3) is 6.43. The Labute approximate surface area is 163 Å². The second-order valence-electron chi connectivity index (χ2n) is 5.62. The Morgan fingerprint density at radius 1 is 1.16 bits per heavy atom. The van der Waals surface area contributed by atoms with Crippen LogP contribution in [-0.2, 0) is 9.53 Å². The van der Waals surface area contributed by atoms with Crippen molar-refractivity contribution < 1.29 is 9.53 Å². The summed E-state index contributed by atoms with van der Waals surface area (Å²) in [4.78, 5) is 12.5. The van der Waals surface area contributed by atoms with E-state index in [-0.39, 0.29) is 23.6 Å². The Morgan fingerprint density at radius 3 is 2.40 bits per heavy atom. The number of hydrogen-bond acceptors (Lipinski definition) is 3. The van der Waals surface area contributed by atoms with Gasteiger partial charge in [0.25, 0.3) is 0 Å². The van der Waals surface area contributed by atoms with Crippen LogP contribution in [0.1, 0.15) is 24.2 Å². The van der Waals surface area contributed by atoms with E-state index in [1.807, 2.05) is 42.5 Å². The van der Waals surface area contributed by atoms with Crippen molar-refractivity contribution in [1.29, 1.82) is 0 Å². The van der Waals surface area contributed by atoms with Crippen molar-refractivity contribution in [2.45, 2.75) is 23.5 Å². The Bertz CT molecular complexity index is 711. The van der Waals surface area contributed by atoms with Crippen LogP contribution >= 0.6 is 35.0 Å². The molecule has 0 saturated heterocycles. The summed E-state index contributed by atoms with van der Waals surface area (Å²) in [5, 5.41) is 1.35. The average molecular weight is 395 g/mol. The number of carbonyl (C=O) groups excluding carboxylic acids is 1. The normalized spacial score (nSPS) is 13.6. The third-order valence-electron chi connectivity index (χ3n) is 3.65. The topological polar surface area (TPSA) is 26.3 Å². The molecule has 0 aliphatic rings. The number of allylic oxidation sites excluding steroid dienone is 1. The van der Waals surface area contributed by atoms with Gasteiger partial charge in [-0.2, -0.15) is 0 Å². The van der Waals surface area contributed by atoms with Crippen LogP contribution in [0.2, 0.25) is 10.0 Å². The summed E-state index contributed by atoms with van der Waals surface area (Å²) in [7, 11) is 1.39. The first-order chi connectivity index (χ1) is 12.0. The number of benzene rings is 2.